The highest BCUT2D eigenvalue weighted by molar-refractivity contribution is 6.04. The van der Waals surface area contributed by atoms with Gasteiger partial charge in [-0.05, 0) is 29.8 Å². The minimum absolute atomic E-state index is 0.0945. The highest BCUT2D eigenvalue weighted by Crippen LogP contribution is 2.30. The van der Waals surface area contributed by atoms with Gasteiger partial charge in [-0.15, -0.1) is 0 Å². The van der Waals surface area contributed by atoms with E-state index < -0.39 is 18.1 Å². The molecule has 1 aromatic carbocycles. The molecular weight excluding hydrogens is 283 g/mol. The molecule has 0 aliphatic carbocycles. The van der Waals surface area contributed by atoms with Crippen molar-refractivity contribution < 1.29 is 18.0 Å². The Bertz CT molecular complexity index is 612. The topological polar surface area (TPSA) is 68.0 Å². The van der Waals surface area contributed by atoms with Gasteiger partial charge in [-0.3, -0.25) is 9.78 Å². The quantitative estimate of drug-likeness (QED) is 0.915. The second-order valence-electron chi connectivity index (χ2n) is 4.33. The zero-order valence-corrected chi connectivity index (χ0v) is 10.8. The van der Waals surface area contributed by atoms with Crippen LogP contribution in [0.3, 0.4) is 0 Å². The van der Waals surface area contributed by atoms with Crippen LogP contribution in [0.1, 0.15) is 22.0 Å². The molecule has 0 saturated carbocycles. The lowest BCUT2D eigenvalue weighted by atomic mass is 10.0. The average molecular weight is 295 g/mol. The third kappa shape index (κ3) is 3.79. The largest absolute Gasteiger partial charge is 0.407 e. The van der Waals surface area contributed by atoms with Crippen LogP contribution in [-0.4, -0.2) is 17.1 Å². The summed E-state index contributed by atoms with van der Waals surface area (Å²) in [6.07, 6.45) is -1.48. The van der Waals surface area contributed by atoms with Gasteiger partial charge in [0.25, 0.3) is 5.91 Å². The van der Waals surface area contributed by atoms with Gasteiger partial charge in [-0.25, -0.2) is 0 Å². The monoisotopic (exact) mass is 295 g/mol. The average Bonchev–Trinajstić information content (AvgIpc) is 2.46. The summed E-state index contributed by atoms with van der Waals surface area (Å²) >= 11 is 0. The van der Waals surface area contributed by atoms with Gasteiger partial charge in [-0.1, -0.05) is 12.1 Å². The Morgan fingerprint density at radius 2 is 1.67 bits per heavy atom. The highest BCUT2D eigenvalue weighted by atomic mass is 19.4. The summed E-state index contributed by atoms with van der Waals surface area (Å²) in [5, 5.41) is 2.60. The lowest BCUT2D eigenvalue weighted by Gasteiger charge is -2.16. The molecule has 7 heteroatoms. The van der Waals surface area contributed by atoms with Gasteiger partial charge in [0.1, 0.15) is 6.04 Å². The predicted molar refractivity (Wildman–Crippen MR) is 71.6 cm³/mol. The van der Waals surface area contributed by atoms with Crippen molar-refractivity contribution in [1.29, 1.82) is 0 Å². The Morgan fingerprint density at radius 3 is 2.19 bits per heavy atom. The Morgan fingerprint density at radius 1 is 1.10 bits per heavy atom. The van der Waals surface area contributed by atoms with Crippen LogP contribution in [0.15, 0.2) is 48.8 Å². The van der Waals surface area contributed by atoms with Gasteiger partial charge in [-0.2, -0.15) is 13.2 Å². The van der Waals surface area contributed by atoms with E-state index in [4.69, 9.17) is 5.73 Å². The number of nitrogens with one attached hydrogen (secondary N) is 1. The molecule has 0 aliphatic rings. The van der Waals surface area contributed by atoms with Crippen molar-refractivity contribution in [2.75, 3.05) is 5.32 Å². The Hall–Kier alpha value is -2.41. The smallest absolute Gasteiger partial charge is 0.322 e. The van der Waals surface area contributed by atoms with Crippen LogP contribution < -0.4 is 11.1 Å². The zero-order chi connectivity index (χ0) is 15.5. The lowest BCUT2D eigenvalue weighted by molar-refractivity contribution is -0.149. The fourth-order valence-electron chi connectivity index (χ4n) is 1.67. The van der Waals surface area contributed by atoms with E-state index in [-0.39, 0.29) is 11.1 Å². The number of amides is 1. The third-order valence-electron chi connectivity index (χ3n) is 2.82. The minimum Gasteiger partial charge on any atom is -0.322 e. The summed E-state index contributed by atoms with van der Waals surface area (Å²) in [6.45, 7) is 0. The molecule has 1 amide bonds. The van der Waals surface area contributed by atoms with Crippen LogP contribution in [0, 0.1) is 0 Å². The number of alkyl halides is 3. The Labute approximate surface area is 118 Å². The van der Waals surface area contributed by atoms with Crippen molar-refractivity contribution in [1.82, 2.24) is 4.98 Å². The Kier molecular flexibility index (Phi) is 4.23. The number of halogens is 3. The standard InChI is InChI=1S/C14H12F3N3O/c15-14(16,17)12(18)9-1-3-10(4-2-9)13(21)20-11-5-7-19-8-6-11/h1-8,12H,18H2,(H,19,20,21). The molecule has 0 fully saturated rings. The van der Waals surface area contributed by atoms with Gasteiger partial charge in [0.2, 0.25) is 0 Å². The van der Waals surface area contributed by atoms with Crippen LogP contribution in [0.5, 0.6) is 0 Å². The molecule has 1 unspecified atom stereocenters. The predicted octanol–water partition coefficient (Wildman–Crippen LogP) is 2.90. The van der Waals surface area contributed by atoms with E-state index >= 15 is 0 Å². The first-order valence-corrected chi connectivity index (χ1v) is 6.01. The molecule has 0 bridgehead atoms. The van der Waals surface area contributed by atoms with Crippen molar-refractivity contribution in [2.45, 2.75) is 12.2 Å². The number of carbonyl (C=O) groups is 1. The molecule has 3 N–H and O–H groups in total. The molecule has 0 spiro atoms. The van der Waals surface area contributed by atoms with E-state index in [1.807, 2.05) is 0 Å². The number of nitrogens with two attached hydrogens (primary N) is 1. The van der Waals surface area contributed by atoms with Crippen LogP contribution in [0.2, 0.25) is 0 Å². The number of aromatic nitrogens is 1. The molecule has 4 nitrogen and oxygen atoms in total. The number of rotatable bonds is 3. The van der Waals surface area contributed by atoms with Crippen molar-refractivity contribution >= 4 is 11.6 Å². The molecule has 110 valence electrons. The van der Waals surface area contributed by atoms with Gasteiger partial charge >= 0.3 is 6.18 Å². The van der Waals surface area contributed by atoms with Crippen molar-refractivity contribution in [3.63, 3.8) is 0 Å². The minimum atomic E-state index is -4.51. The van der Waals surface area contributed by atoms with Crippen molar-refractivity contribution in [3.8, 4) is 0 Å². The maximum absolute atomic E-state index is 12.5. The molecular formula is C14H12F3N3O. The van der Waals surface area contributed by atoms with Crippen LogP contribution >= 0.6 is 0 Å². The summed E-state index contributed by atoms with van der Waals surface area (Å²) < 4.78 is 37.4. The van der Waals surface area contributed by atoms with Crippen molar-refractivity contribution in [2.24, 2.45) is 5.73 Å². The van der Waals surface area contributed by atoms with Gasteiger partial charge in [0, 0.05) is 23.6 Å². The van der Waals surface area contributed by atoms with E-state index in [0.29, 0.717) is 5.69 Å². The van der Waals surface area contributed by atoms with E-state index in [9.17, 15) is 18.0 Å². The van der Waals surface area contributed by atoms with E-state index in [0.717, 1.165) is 0 Å². The second-order valence-corrected chi connectivity index (χ2v) is 4.33. The molecule has 2 rings (SSSR count). The fourth-order valence-corrected chi connectivity index (χ4v) is 1.67. The SMILES string of the molecule is NC(c1ccc(C(=O)Nc2ccncc2)cc1)C(F)(F)F. The number of carbonyl (C=O) groups excluding carboxylic acids is 1. The maximum Gasteiger partial charge on any atom is 0.407 e. The number of hydrogen-bond acceptors (Lipinski definition) is 3. The number of pyridine rings is 1. The normalized spacial score (nSPS) is 12.8. The first kappa shape index (κ1) is 15.0. The number of nitrogens with zero attached hydrogens (tertiary/aromatic N) is 1. The molecule has 0 radical (unpaired) electrons. The van der Waals surface area contributed by atoms with Gasteiger partial charge < -0.3 is 11.1 Å². The fraction of sp³-hybridized carbons (Fsp3) is 0.143. The summed E-state index contributed by atoms with van der Waals surface area (Å²) in [7, 11) is 0. The van der Waals surface area contributed by atoms with Crippen LogP contribution in [-0.2, 0) is 0 Å². The molecule has 2 aromatic rings. The first-order valence-electron chi connectivity index (χ1n) is 6.01. The van der Waals surface area contributed by atoms with Crippen LogP contribution in [0.25, 0.3) is 0 Å². The number of hydrogen-bond donors (Lipinski definition) is 2. The van der Waals surface area contributed by atoms with E-state index in [1.165, 1.54) is 36.7 Å². The van der Waals surface area contributed by atoms with E-state index in [2.05, 4.69) is 10.3 Å². The lowest BCUT2D eigenvalue weighted by Crippen LogP contribution is -2.28. The summed E-state index contributed by atoms with van der Waals surface area (Å²) in [4.78, 5) is 15.7. The summed E-state index contributed by atoms with van der Waals surface area (Å²) in [6, 6.07) is 6.14. The molecule has 21 heavy (non-hydrogen) atoms. The molecule has 0 aliphatic heterocycles. The molecule has 1 atom stereocenters. The Balaban J connectivity index is 2.10. The molecule has 0 saturated heterocycles. The maximum atomic E-state index is 12.5. The highest BCUT2D eigenvalue weighted by Gasteiger charge is 2.37. The third-order valence-corrected chi connectivity index (χ3v) is 2.82. The zero-order valence-electron chi connectivity index (χ0n) is 10.8. The summed E-state index contributed by atoms with van der Waals surface area (Å²) in [5.41, 5.74) is 5.78. The van der Waals surface area contributed by atoms with Crippen LogP contribution in [0.4, 0.5) is 18.9 Å². The first-order chi connectivity index (χ1) is 9.88. The number of benzene rings is 1. The second kappa shape index (κ2) is 5.92. The number of anilines is 1. The van der Waals surface area contributed by atoms with Gasteiger partial charge in [0.05, 0.1) is 0 Å². The summed E-state index contributed by atoms with van der Waals surface area (Å²) in [5.74, 6) is -0.423. The van der Waals surface area contributed by atoms with E-state index in [1.54, 1.807) is 12.1 Å². The molecule has 1 heterocycles. The molecule has 1 aromatic heterocycles. The van der Waals surface area contributed by atoms with Gasteiger partial charge in [0.15, 0.2) is 0 Å². The van der Waals surface area contributed by atoms with Crippen molar-refractivity contribution in [3.05, 3.63) is 59.9 Å².